The number of likely N-dealkylation sites (tertiary alicyclic amines) is 1. The normalized spacial score (nSPS) is 24.5. The van der Waals surface area contributed by atoms with Crippen LogP contribution in [0.25, 0.3) is 11.5 Å². The molecule has 2 aromatic rings. The molecule has 0 bridgehead atoms. The first-order valence-corrected chi connectivity index (χ1v) is 9.13. The lowest BCUT2D eigenvalue weighted by Gasteiger charge is -2.41. The number of rotatable bonds is 4. The van der Waals surface area contributed by atoms with Gasteiger partial charge in [0.05, 0.1) is 12.8 Å². The summed E-state index contributed by atoms with van der Waals surface area (Å²) in [6.45, 7) is 3.34. The Balaban J connectivity index is 1.39. The maximum absolute atomic E-state index is 5.69. The SMILES string of the molecule is COc1ccc(-c2nc(CN3CCC4CCCCC4C3)co2)cc1. The van der Waals surface area contributed by atoms with E-state index >= 15 is 0 Å². The number of ether oxygens (including phenoxy) is 1. The zero-order valence-electron chi connectivity index (χ0n) is 14.4. The monoisotopic (exact) mass is 326 g/mol. The fourth-order valence-electron chi connectivity index (χ4n) is 4.29. The standard InChI is InChI=1S/C20H26N2O2/c1-23-19-8-6-16(7-9-19)20-21-18(14-24-20)13-22-11-10-15-4-2-3-5-17(15)12-22/h6-9,14-15,17H,2-5,10-13H2,1H3. The molecular weight excluding hydrogens is 300 g/mol. The van der Waals surface area contributed by atoms with Gasteiger partial charge in [-0.3, -0.25) is 4.90 Å². The lowest BCUT2D eigenvalue weighted by Crippen LogP contribution is -2.41. The molecular formula is C20H26N2O2. The maximum Gasteiger partial charge on any atom is 0.226 e. The van der Waals surface area contributed by atoms with E-state index in [2.05, 4.69) is 9.88 Å². The van der Waals surface area contributed by atoms with Crippen LogP contribution in [0, 0.1) is 11.8 Å². The van der Waals surface area contributed by atoms with Crippen molar-refractivity contribution in [1.82, 2.24) is 9.88 Å². The molecule has 2 atom stereocenters. The van der Waals surface area contributed by atoms with Crippen LogP contribution in [-0.2, 0) is 6.54 Å². The van der Waals surface area contributed by atoms with Gasteiger partial charge in [0.15, 0.2) is 0 Å². The summed E-state index contributed by atoms with van der Waals surface area (Å²) in [6.07, 6.45) is 8.89. The Morgan fingerprint density at radius 2 is 1.92 bits per heavy atom. The lowest BCUT2D eigenvalue weighted by atomic mass is 9.75. The van der Waals surface area contributed by atoms with Crippen molar-refractivity contribution in [1.29, 1.82) is 0 Å². The topological polar surface area (TPSA) is 38.5 Å². The number of nitrogens with zero attached hydrogens (tertiary/aromatic N) is 2. The van der Waals surface area contributed by atoms with Crippen LogP contribution in [0.5, 0.6) is 5.75 Å². The number of oxazole rings is 1. The van der Waals surface area contributed by atoms with Crippen molar-refractivity contribution in [3.05, 3.63) is 36.2 Å². The van der Waals surface area contributed by atoms with Gasteiger partial charge in [-0.05, 0) is 55.5 Å². The van der Waals surface area contributed by atoms with Crippen LogP contribution < -0.4 is 4.74 Å². The van der Waals surface area contributed by atoms with E-state index in [9.17, 15) is 0 Å². The maximum atomic E-state index is 5.69. The number of methoxy groups -OCH3 is 1. The minimum atomic E-state index is 0.695. The van der Waals surface area contributed by atoms with Crippen molar-refractivity contribution in [2.45, 2.75) is 38.6 Å². The van der Waals surface area contributed by atoms with E-state index in [0.29, 0.717) is 5.89 Å². The van der Waals surface area contributed by atoms with E-state index in [-0.39, 0.29) is 0 Å². The molecule has 0 radical (unpaired) electrons. The Hall–Kier alpha value is -1.81. The van der Waals surface area contributed by atoms with Crippen molar-refractivity contribution in [2.75, 3.05) is 20.2 Å². The largest absolute Gasteiger partial charge is 0.497 e. The second kappa shape index (κ2) is 6.98. The summed E-state index contributed by atoms with van der Waals surface area (Å²) in [6, 6.07) is 7.85. The molecule has 0 amide bonds. The van der Waals surface area contributed by atoms with Crippen LogP contribution in [0.3, 0.4) is 0 Å². The first kappa shape index (κ1) is 15.7. The second-order valence-corrected chi connectivity index (χ2v) is 7.20. The predicted molar refractivity (Wildman–Crippen MR) is 93.8 cm³/mol. The summed E-state index contributed by atoms with van der Waals surface area (Å²) >= 11 is 0. The van der Waals surface area contributed by atoms with Crippen LogP contribution in [0.1, 0.15) is 37.8 Å². The Kier molecular flexibility index (Phi) is 4.56. The van der Waals surface area contributed by atoms with Crippen molar-refractivity contribution in [2.24, 2.45) is 11.8 Å². The first-order valence-electron chi connectivity index (χ1n) is 9.13. The van der Waals surface area contributed by atoms with Gasteiger partial charge in [-0.15, -0.1) is 0 Å². The third kappa shape index (κ3) is 3.34. The molecule has 1 saturated heterocycles. The predicted octanol–water partition coefficient (Wildman–Crippen LogP) is 4.36. The highest BCUT2D eigenvalue weighted by molar-refractivity contribution is 5.54. The molecule has 2 unspecified atom stereocenters. The highest BCUT2D eigenvalue weighted by atomic mass is 16.5. The summed E-state index contributed by atoms with van der Waals surface area (Å²) < 4.78 is 10.9. The fourth-order valence-corrected chi connectivity index (χ4v) is 4.29. The van der Waals surface area contributed by atoms with Gasteiger partial charge in [0, 0.05) is 18.7 Å². The highest BCUT2D eigenvalue weighted by Crippen LogP contribution is 2.36. The molecule has 1 aromatic heterocycles. The minimum Gasteiger partial charge on any atom is -0.497 e. The number of piperidine rings is 1. The summed E-state index contributed by atoms with van der Waals surface area (Å²) in [5.74, 6) is 3.42. The van der Waals surface area contributed by atoms with Crippen LogP contribution in [0.4, 0.5) is 0 Å². The molecule has 128 valence electrons. The molecule has 4 rings (SSSR count). The molecule has 1 saturated carbocycles. The number of aromatic nitrogens is 1. The number of benzene rings is 1. The van der Waals surface area contributed by atoms with Gasteiger partial charge in [-0.2, -0.15) is 0 Å². The molecule has 2 heterocycles. The number of fused-ring (bicyclic) bond motifs is 1. The Morgan fingerprint density at radius 3 is 2.71 bits per heavy atom. The molecule has 2 fully saturated rings. The Labute approximate surface area is 143 Å². The quantitative estimate of drug-likeness (QED) is 0.836. The summed E-state index contributed by atoms with van der Waals surface area (Å²) in [4.78, 5) is 7.24. The number of hydrogen-bond acceptors (Lipinski definition) is 4. The molecule has 0 spiro atoms. The molecule has 0 N–H and O–H groups in total. The molecule has 2 aliphatic rings. The zero-order chi connectivity index (χ0) is 16.4. The van der Waals surface area contributed by atoms with Crippen molar-refractivity contribution >= 4 is 0 Å². The van der Waals surface area contributed by atoms with Crippen molar-refractivity contribution in [3.8, 4) is 17.2 Å². The molecule has 24 heavy (non-hydrogen) atoms. The van der Waals surface area contributed by atoms with Gasteiger partial charge in [0.1, 0.15) is 12.0 Å². The third-order valence-electron chi connectivity index (χ3n) is 5.65. The average Bonchev–Trinajstić information content (AvgIpc) is 3.10. The van der Waals surface area contributed by atoms with Gasteiger partial charge in [-0.25, -0.2) is 4.98 Å². The van der Waals surface area contributed by atoms with Gasteiger partial charge >= 0.3 is 0 Å². The van der Waals surface area contributed by atoms with Crippen molar-refractivity contribution < 1.29 is 9.15 Å². The van der Waals surface area contributed by atoms with Gasteiger partial charge in [0.25, 0.3) is 0 Å². The minimum absolute atomic E-state index is 0.695. The highest BCUT2D eigenvalue weighted by Gasteiger charge is 2.31. The molecule has 1 aliphatic heterocycles. The molecule has 4 nitrogen and oxygen atoms in total. The summed E-state index contributed by atoms with van der Waals surface area (Å²) in [5, 5.41) is 0. The van der Waals surface area contributed by atoms with Crippen LogP contribution in [0.2, 0.25) is 0 Å². The van der Waals surface area contributed by atoms with E-state index < -0.39 is 0 Å². The van der Waals surface area contributed by atoms with Crippen LogP contribution >= 0.6 is 0 Å². The first-order chi connectivity index (χ1) is 11.8. The van der Waals surface area contributed by atoms with E-state index in [0.717, 1.165) is 35.4 Å². The summed E-state index contributed by atoms with van der Waals surface area (Å²) in [7, 11) is 1.67. The zero-order valence-corrected chi connectivity index (χ0v) is 14.4. The smallest absolute Gasteiger partial charge is 0.226 e. The lowest BCUT2D eigenvalue weighted by molar-refractivity contribution is 0.0812. The van der Waals surface area contributed by atoms with Crippen molar-refractivity contribution in [3.63, 3.8) is 0 Å². The Bertz CT molecular complexity index is 665. The van der Waals surface area contributed by atoms with E-state index in [1.807, 2.05) is 30.5 Å². The van der Waals surface area contributed by atoms with Gasteiger partial charge in [0.2, 0.25) is 5.89 Å². The van der Waals surface area contributed by atoms with Gasteiger partial charge in [-0.1, -0.05) is 19.3 Å². The second-order valence-electron chi connectivity index (χ2n) is 7.20. The average molecular weight is 326 g/mol. The van der Waals surface area contributed by atoms with E-state index in [4.69, 9.17) is 9.15 Å². The van der Waals surface area contributed by atoms with Gasteiger partial charge < -0.3 is 9.15 Å². The Morgan fingerprint density at radius 1 is 1.12 bits per heavy atom. The summed E-state index contributed by atoms with van der Waals surface area (Å²) in [5.41, 5.74) is 2.03. The molecule has 4 heteroatoms. The fraction of sp³-hybridized carbons (Fsp3) is 0.550. The molecule has 1 aliphatic carbocycles. The third-order valence-corrected chi connectivity index (χ3v) is 5.65. The number of hydrogen-bond donors (Lipinski definition) is 0. The van der Waals surface area contributed by atoms with Crippen LogP contribution in [0.15, 0.2) is 34.9 Å². The molecule has 1 aromatic carbocycles. The van der Waals surface area contributed by atoms with E-state index in [1.165, 1.54) is 45.2 Å². The van der Waals surface area contributed by atoms with E-state index in [1.54, 1.807) is 7.11 Å². The van der Waals surface area contributed by atoms with Crippen LogP contribution in [-0.4, -0.2) is 30.1 Å².